The number of carbonyl (C=O) groups is 2. The van der Waals surface area contributed by atoms with E-state index in [1.165, 1.54) is 22.9 Å². The fourth-order valence-corrected chi connectivity index (χ4v) is 4.87. The molecule has 0 unspecified atom stereocenters. The lowest BCUT2D eigenvalue weighted by atomic mass is 9.92. The number of aromatic nitrogens is 2. The second-order valence-corrected chi connectivity index (χ2v) is 10.1. The number of hydrogen-bond donors (Lipinski definition) is 2. The van der Waals surface area contributed by atoms with E-state index in [4.69, 9.17) is 14.2 Å². The fraction of sp³-hybridized carbons (Fsp3) is 0.281. The van der Waals surface area contributed by atoms with E-state index in [0.717, 1.165) is 31.2 Å². The highest BCUT2D eigenvalue weighted by atomic mass is 19.1. The summed E-state index contributed by atoms with van der Waals surface area (Å²) < 4.78 is 32.9. The lowest BCUT2D eigenvalue weighted by Gasteiger charge is -2.32. The number of benzene rings is 3. The zero-order valence-corrected chi connectivity index (χ0v) is 22.9. The van der Waals surface area contributed by atoms with Crippen LogP contribution in [-0.4, -0.2) is 38.9 Å². The molecule has 0 saturated heterocycles. The maximum Gasteiger partial charge on any atom is 0.356 e. The summed E-state index contributed by atoms with van der Waals surface area (Å²) in [6.45, 7) is 0.281. The molecule has 2 atom stereocenters. The van der Waals surface area contributed by atoms with E-state index in [2.05, 4.69) is 10.4 Å². The molecule has 218 valence electrons. The molecule has 1 aliphatic rings. The minimum atomic E-state index is -1.24. The van der Waals surface area contributed by atoms with Crippen LogP contribution >= 0.6 is 0 Å². The first-order valence-electron chi connectivity index (χ1n) is 13.8. The molecule has 1 amide bonds. The third kappa shape index (κ3) is 7.73. The topological polar surface area (TPSA) is 112 Å². The maximum atomic E-state index is 14.0. The number of rotatable bonds is 12. The summed E-state index contributed by atoms with van der Waals surface area (Å²) in [4.78, 5) is 24.7. The van der Waals surface area contributed by atoms with Crippen LogP contribution in [0.25, 0.3) is 0 Å². The zero-order chi connectivity index (χ0) is 29.3. The predicted molar refractivity (Wildman–Crippen MR) is 152 cm³/mol. The van der Waals surface area contributed by atoms with Crippen molar-refractivity contribution in [2.24, 2.45) is 0 Å². The van der Waals surface area contributed by atoms with E-state index in [9.17, 15) is 19.1 Å². The molecule has 0 radical (unpaired) electrons. The van der Waals surface area contributed by atoms with E-state index in [1.807, 2.05) is 30.3 Å². The number of ether oxygens (including phenoxy) is 3. The monoisotopic (exact) mass is 573 g/mol. The number of aromatic carboxylic acids is 1. The van der Waals surface area contributed by atoms with Crippen molar-refractivity contribution in [3.63, 3.8) is 0 Å². The van der Waals surface area contributed by atoms with E-state index in [0.29, 0.717) is 17.9 Å². The van der Waals surface area contributed by atoms with Crippen LogP contribution in [0.1, 0.15) is 47.3 Å². The van der Waals surface area contributed by atoms with Crippen LogP contribution in [-0.2, 0) is 29.3 Å². The second kappa shape index (κ2) is 13.8. The summed E-state index contributed by atoms with van der Waals surface area (Å²) in [5.74, 6) is -1.40. The molecule has 9 nitrogen and oxygen atoms in total. The Hall–Kier alpha value is -4.70. The Morgan fingerprint density at radius 1 is 0.929 bits per heavy atom. The van der Waals surface area contributed by atoms with Gasteiger partial charge in [-0.1, -0.05) is 67.4 Å². The van der Waals surface area contributed by atoms with Crippen LogP contribution in [0.4, 0.5) is 4.39 Å². The molecule has 1 fully saturated rings. The Balaban J connectivity index is 1.21. The number of para-hydroxylation sites is 1. The average Bonchev–Trinajstić information content (AvgIpc) is 3.40. The number of nitrogens with zero attached hydrogens (tertiary/aromatic N) is 2. The van der Waals surface area contributed by atoms with Crippen LogP contribution in [0.15, 0.2) is 84.9 Å². The van der Waals surface area contributed by atoms with Gasteiger partial charge in [-0.25, -0.2) is 13.9 Å². The highest BCUT2D eigenvalue weighted by Crippen LogP contribution is 2.26. The Kier molecular flexibility index (Phi) is 9.45. The molecule has 1 aromatic heterocycles. The Morgan fingerprint density at radius 3 is 2.50 bits per heavy atom. The van der Waals surface area contributed by atoms with Crippen molar-refractivity contribution in [3.8, 4) is 17.4 Å². The molecule has 0 aliphatic heterocycles. The first-order valence-corrected chi connectivity index (χ1v) is 13.8. The molecule has 0 spiro atoms. The summed E-state index contributed by atoms with van der Waals surface area (Å²) in [5.41, 5.74) is 1.52. The molecule has 4 aromatic rings. The summed E-state index contributed by atoms with van der Waals surface area (Å²) in [6, 6.07) is 24.0. The van der Waals surface area contributed by atoms with Crippen LogP contribution < -0.4 is 14.8 Å². The fourth-order valence-electron chi connectivity index (χ4n) is 4.87. The normalized spacial score (nSPS) is 16.5. The molecule has 42 heavy (non-hydrogen) atoms. The molecular weight excluding hydrogens is 541 g/mol. The molecule has 1 aliphatic carbocycles. The van der Waals surface area contributed by atoms with Gasteiger partial charge in [0.2, 0.25) is 11.8 Å². The van der Waals surface area contributed by atoms with Crippen LogP contribution in [0.5, 0.6) is 17.4 Å². The van der Waals surface area contributed by atoms with Gasteiger partial charge in [0.15, 0.2) is 17.3 Å². The van der Waals surface area contributed by atoms with Crippen molar-refractivity contribution in [1.82, 2.24) is 15.1 Å². The van der Waals surface area contributed by atoms with Crippen molar-refractivity contribution in [3.05, 3.63) is 108 Å². The summed E-state index contributed by atoms with van der Waals surface area (Å²) in [6.07, 6.45) is 3.52. The molecule has 1 saturated carbocycles. The van der Waals surface area contributed by atoms with Crippen molar-refractivity contribution in [2.75, 3.05) is 0 Å². The average molecular weight is 574 g/mol. The Labute approximate surface area is 242 Å². The Bertz CT molecular complexity index is 1510. The molecule has 2 N–H and O–H groups in total. The van der Waals surface area contributed by atoms with Crippen LogP contribution in [0, 0.1) is 5.82 Å². The minimum Gasteiger partial charge on any atom is -0.476 e. The van der Waals surface area contributed by atoms with Crippen LogP contribution in [0.3, 0.4) is 0 Å². The molecule has 5 rings (SSSR count). The van der Waals surface area contributed by atoms with E-state index < -0.39 is 11.8 Å². The van der Waals surface area contributed by atoms with Crippen molar-refractivity contribution in [2.45, 2.75) is 57.6 Å². The van der Waals surface area contributed by atoms with Crippen molar-refractivity contribution < 1.29 is 33.3 Å². The number of halogens is 1. The van der Waals surface area contributed by atoms with Gasteiger partial charge in [-0.05, 0) is 48.2 Å². The number of carboxylic acid groups (broad SMARTS) is 1. The molecule has 1 heterocycles. The SMILES string of the molecule is O=C(Cn1nc(C(=O)O)cc1OCc1cccc(Oc2ccccc2F)c1)N[C@H]1CCCC[C@@H]1OCc1ccccc1. The van der Waals surface area contributed by atoms with Gasteiger partial charge in [-0.15, -0.1) is 0 Å². The first-order chi connectivity index (χ1) is 20.4. The Morgan fingerprint density at radius 2 is 1.69 bits per heavy atom. The van der Waals surface area contributed by atoms with Crippen molar-refractivity contribution in [1.29, 1.82) is 0 Å². The van der Waals surface area contributed by atoms with Gasteiger partial charge in [0.25, 0.3) is 0 Å². The molecule has 0 bridgehead atoms. The van der Waals surface area contributed by atoms with Gasteiger partial charge in [-0.2, -0.15) is 5.10 Å². The van der Waals surface area contributed by atoms with Gasteiger partial charge in [0.05, 0.1) is 18.8 Å². The zero-order valence-electron chi connectivity index (χ0n) is 22.9. The summed E-state index contributed by atoms with van der Waals surface area (Å²) >= 11 is 0. The highest BCUT2D eigenvalue weighted by molar-refractivity contribution is 5.85. The molecular formula is C32H32FN3O6. The van der Waals surface area contributed by atoms with Gasteiger partial charge in [0.1, 0.15) is 18.9 Å². The summed E-state index contributed by atoms with van der Waals surface area (Å²) in [7, 11) is 0. The lowest BCUT2D eigenvalue weighted by Crippen LogP contribution is -2.47. The van der Waals surface area contributed by atoms with Crippen molar-refractivity contribution >= 4 is 11.9 Å². The van der Waals surface area contributed by atoms with Gasteiger partial charge in [-0.3, -0.25) is 4.79 Å². The largest absolute Gasteiger partial charge is 0.476 e. The number of nitrogens with one attached hydrogen (secondary N) is 1. The number of carboxylic acids is 1. The smallest absolute Gasteiger partial charge is 0.356 e. The van der Waals surface area contributed by atoms with Crippen LogP contribution in [0.2, 0.25) is 0 Å². The highest BCUT2D eigenvalue weighted by Gasteiger charge is 2.28. The molecule has 3 aromatic carbocycles. The van der Waals surface area contributed by atoms with E-state index >= 15 is 0 Å². The predicted octanol–water partition coefficient (Wildman–Crippen LogP) is 5.74. The van der Waals surface area contributed by atoms with Gasteiger partial charge < -0.3 is 24.6 Å². The number of carbonyl (C=O) groups excluding carboxylic acids is 1. The summed E-state index contributed by atoms with van der Waals surface area (Å²) in [5, 5.41) is 16.6. The number of amides is 1. The standard InChI is InChI=1S/C32H32FN3O6/c33-25-13-4-6-15-28(25)42-24-12-8-11-23(17-24)21-41-31-18-27(32(38)39)35-36(31)19-30(37)34-26-14-5-7-16-29(26)40-20-22-9-2-1-3-10-22/h1-4,6,8-13,15,17-18,26,29H,5,7,14,16,19-21H2,(H,34,37)(H,38,39)/t26-,29-/m0/s1. The lowest BCUT2D eigenvalue weighted by molar-refractivity contribution is -0.124. The third-order valence-electron chi connectivity index (χ3n) is 6.96. The third-order valence-corrected chi connectivity index (χ3v) is 6.96. The maximum absolute atomic E-state index is 14.0. The van der Waals surface area contributed by atoms with Gasteiger partial charge >= 0.3 is 5.97 Å². The molecule has 10 heteroatoms. The van der Waals surface area contributed by atoms with Gasteiger partial charge in [0, 0.05) is 6.07 Å². The first kappa shape index (κ1) is 28.8. The van der Waals surface area contributed by atoms with E-state index in [1.54, 1.807) is 36.4 Å². The minimum absolute atomic E-state index is 0.0405. The quantitative estimate of drug-likeness (QED) is 0.222. The second-order valence-electron chi connectivity index (χ2n) is 10.1. The number of hydrogen-bond acceptors (Lipinski definition) is 6. The van der Waals surface area contributed by atoms with E-state index in [-0.39, 0.29) is 48.5 Å².